The van der Waals surface area contributed by atoms with Crippen molar-refractivity contribution in [3.8, 4) is 0 Å². The minimum Gasteiger partial charge on any atom is -0.478 e. The van der Waals surface area contributed by atoms with Crippen molar-refractivity contribution in [3.63, 3.8) is 0 Å². The fourth-order valence-corrected chi connectivity index (χ4v) is 1.91. The number of nitrogens with zero attached hydrogens (tertiary/aromatic N) is 4. The molecule has 2 rings (SSSR count). The first-order valence-electron chi connectivity index (χ1n) is 6.59. The minimum absolute atomic E-state index is 0.104. The lowest BCUT2D eigenvalue weighted by Gasteiger charge is -2.02. The molecule has 2 N–H and O–H groups in total. The Labute approximate surface area is 121 Å². The standard InChI is InChI=1S/C13H17N5O3/c1-3-18-9(2)6-11(16-18)15-12(19)4-5-17-8-10(7-14-17)13(20)21/h6-8H,3-5H2,1-2H3,(H,20,21)(H,15,16,19). The second-order valence-electron chi connectivity index (χ2n) is 4.58. The zero-order chi connectivity index (χ0) is 15.4. The first-order valence-corrected chi connectivity index (χ1v) is 6.59. The lowest BCUT2D eigenvalue weighted by atomic mass is 10.3. The smallest absolute Gasteiger partial charge is 0.338 e. The van der Waals surface area contributed by atoms with Gasteiger partial charge >= 0.3 is 5.97 Å². The van der Waals surface area contributed by atoms with Gasteiger partial charge in [0, 0.05) is 37.5 Å². The van der Waals surface area contributed by atoms with E-state index in [-0.39, 0.29) is 17.9 Å². The molecule has 2 aromatic rings. The Morgan fingerprint density at radius 1 is 1.43 bits per heavy atom. The number of aryl methyl sites for hydroxylation is 3. The molecule has 0 aliphatic rings. The second-order valence-corrected chi connectivity index (χ2v) is 4.58. The van der Waals surface area contributed by atoms with Gasteiger partial charge in [-0.1, -0.05) is 0 Å². The fraction of sp³-hybridized carbons (Fsp3) is 0.385. The molecule has 0 atom stereocenters. The van der Waals surface area contributed by atoms with Gasteiger partial charge in [0.1, 0.15) is 0 Å². The summed E-state index contributed by atoms with van der Waals surface area (Å²) in [7, 11) is 0. The maximum absolute atomic E-state index is 11.8. The Balaban J connectivity index is 1.87. The van der Waals surface area contributed by atoms with E-state index in [1.807, 2.05) is 13.8 Å². The molecule has 8 heteroatoms. The number of amides is 1. The van der Waals surface area contributed by atoms with Crippen LogP contribution in [0.3, 0.4) is 0 Å². The maximum Gasteiger partial charge on any atom is 0.338 e. The summed E-state index contributed by atoms with van der Waals surface area (Å²) >= 11 is 0. The van der Waals surface area contributed by atoms with Crippen LogP contribution in [0.25, 0.3) is 0 Å². The Morgan fingerprint density at radius 3 is 2.76 bits per heavy atom. The van der Waals surface area contributed by atoms with Crippen LogP contribution >= 0.6 is 0 Å². The van der Waals surface area contributed by atoms with Crippen molar-refractivity contribution in [2.45, 2.75) is 33.4 Å². The van der Waals surface area contributed by atoms with Crippen molar-refractivity contribution in [1.29, 1.82) is 0 Å². The van der Waals surface area contributed by atoms with E-state index in [0.29, 0.717) is 12.4 Å². The summed E-state index contributed by atoms with van der Waals surface area (Å²) in [5.74, 6) is -0.708. The molecule has 0 spiro atoms. The Kier molecular flexibility index (Phi) is 4.36. The predicted molar refractivity (Wildman–Crippen MR) is 75.1 cm³/mol. The lowest BCUT2D eigenvalue weighted by Crippen LogP contribution is -2.15. The van der Waals surface area contributed by atoms with Crippen LogP contribution in [0.4, 0.5) is 5.82 Å². The normalized spacial score (nSPS) is 10.6. The molecule has 2 aromatic heterocycles. The zero-order valence-corrected chi connectivity index (χ0v) is 11.9. The van der Waals surface area contributed by atoms with Crippen molar-refractivity contribution in [3.05, 3.63) is 29.7 Å². The highest BCUT2D eigenvalue weighted by Crippen LogP contribution is 2.09. The summed E-state index contributed by atoms with van der Waals surface area (Å²) < 4.78 is 3.22. The van der Waals surface area contributed by atoms with E-state index >= 15 is 0 Å². The fourth-order valence-electron chi connectivity index (χ4n) is 1.91. The number of hydrogen-bond acceptors (Lipinski definition) is 4. The molecule has 112 valence electrons. The molecule has 0 bridgehead atoms. The molecular weight excluding hydrogens is 274 g/mol. The number of carbonyl (C=O) groups is 2. The number of aromatic carboxylic acids is 1. The third-order valence-corrected chi connectivity index (χ3v) is 3.00. The lowest BCUT2D eigenvalue weighted by molar-refractivity contribution is -0.116. The van der Waals surface area contributed by atoms with E-state index in [4.69, 9.17) is 5.11 Å². The summed E-state index contributed by atoms with van der Waals surface area (Å²) in [5, 5.41) is 19.6. The first-order chi connectivity index (χ1) is 9.99. The number of aromatic nitrogens is 4. The van der Waals surface area contributed by atoms with Crippen molar-refractivity contribution in [2.75, 3.05) is 5.32 Å². The van der Waals surface area contributed by atoms with Gasteiger partial charge in [-0.2, -0.15) is 10.2 Å². The molecule has 0 saturated heterocycles. The highest BCUT2D eigenvalue weighted by atomic mass is 16.4. The van der Waals surface area contributed by atoms with Crippen LogP contribution in [0.2, 0.25) is 0 Å². The van der Waals surface area contributed by atoms with Crippen molar-refractivity contribution in [1.82, 2.24) is 19.6 Å². The van der Waals surface area contributed by atoms with Gasteiger partial charge in [-0.3, -0.25) is 14.2 Å². The predicted octanol–water partition coefficient (Wildman–Crippen LogP) is 1.13. The zero-order valence-electron chi connectivity index (χ0n) is 11.9. The second kappa shape index (κ2) is 6.21. The molecule has 0 aliphatic carbocycles. The van der Waals surface area contributed by atoms with Gasteiger partial charge in [-0.05, 0) is 13.8 Å². The summed E-state index contributed by atoms with van der Waals surface area (Å²) in [6.07, 6.45) is 2.84. The molecule has 1 amide bonds. The molecule has 2 heterocycles. The van der Waals surface area contributed by atoms with E-state index in [1.54, 1.807) is 10.7 Å². The van der Waals surface area contributed by atoms with Crippen LogP contribution in [0.5, 0.6) is 0 Å². The summed E-state index contributed by atoms with van der Waals surface area (Å²) in [6.45, 7) is 4.95. The molecule has 8 nitrogen and oxygen atoms in total. The number of anilines is 1. The minimum atomic E-state index is -1.04. The molecule has 0 fully saturated rings. The topological polar surface area (TPSA) is 102 Å². The quantitative estimate of drug-likeness (QED) is 0.830. The van der Waals surface area contributed by atoms with E-state index in [2.05, 4.69) is 15.5 Å². The van der Waals surface area contributed by atoms with Crippen LogP contribution in [0.1, 0.15) is 29.4 Å². The number of nitrogens with one attached hydrogen (secondary N) is 1. The van der Waals surface area contributed by atoms with Crippen LogP contribution < -0.4 is 5.32 Å². The average molecular weight is 291 g/mol. The van der Waals surface area contributed by atoms with Crippen LogP contribution in [0, 0.1) is 6.92 Å². The van der Waals surface area contributed by atoms with Gasteiger partial charge in [-0.25, -0.2) is 4.79 Å². The van der Waals surface area contributed by atoms with Gasteiger partial charge < -0.3 is 10.4 Å². The first kappa shape index (κ1) is 14.8. The number of rotatable bonds is 6. The molecule has 0 aromatic carbocycles. The summed E-state index contributed by atoms with van der Waals surface area (Å²) in [4.78, 5) is 22.5. The molecule has 0 radical (unpaired) electrons. The van der Waals surface area contributed by atoms with E-state index in [1.165, 1.54) is 17.1 Å². The molecule has 0 unspecified atom stereocenters. The average Bonchev–Trinajstić information content (AvgIpc) is 3.03. The van der Waals surface area contributed by atoms with Crippen molar-refractivity contribution >= 4 is 17.7 Å². The van der Waals surface area contributed by atoms with Crippen molar-refractivity contribution in [2.24, 2.45) is 0 Å². The monoisotopic (exact) mass is 291 g/mol. The molecular formula is C13H17N5O3. The van der Waals surface area contributed by atoms with Gasteiger partial charge in [0.25, 0.3) is 0 Å². The Hall–Kier alpha value is -2.64. The van der Waals surface area contributed by atoms with Crippen molar-refractivity contribution < 1.29 is 14.7 Å². The van der Waals surface area contributed by atoms with E-state index in [9.17, 15) is 9.59 Å². The third-order valence-electron chi connectivity index (χ3n) is 3.00. The van der Waals surface area contributed by atoms with E-state index in [0.717, 1.165) is 12.2 Å². The van der Waals surface area contributed by atoms with Gasteiger partial charge in [0.05, 0.1) is 11.8 Å². The summed E-state index contributed by atoms with van der Waals surface area (Å²) in [5.41, 5.74) is 1.08. The van der Waals surface area contributed by atoms with Gasteiger partial charge in [0.2, 0.25) is 5.91 Å². The number of hydrogen-bond donors (Lipinski definition) is 2. The molecule has 21 heavy (non-hydrogen) atoms. The summed E-state index contributed by atoms with van der Waals surface area (Å²) in [6, 6.07) is 1.80. The largest absolute Gasteiger partial charge is 0.478 e. The van der Waals surface area contributed by atoms with Crippen LogP contribution in [-0.4, -0.2) is 36.5 Å². The van der Waals surface area contributed by atoms with Gasteiger partial charge in [0.15, 0.2) is 5.82 Å². The SMILES string of the molecule is CCn1nc(NC(=O)CCn2cc(C(=O)O)cn2)cc1C. The number of carboxylic acid groups (broad SMARTS) is 1. The highest BCUT2D eigenvalue weighted by molar-refractivity contribution is 5.89. The number of carboxylic acids is 1. The van der Waals surface area contributed by atoms with Gasteiger partial charge in [-0.15, -0.1) is 0 Å². The van der Waals surface area contributed by atoms with Crippen LogP contribution in [-0.2, 0) is 17.9 Å². The third kappa shape index (κ3) is 3.68. The van der Waals surface area contributed by atoms with Crippen LogP contribution in [0.15, 0.2) is 18.5 Å². The highest BCUT2D eigenvalue weighted by Gasteiger charge is 2.09. The number of carbonyl (C=O) groups excluding carboxylic acids is 1. The van der Waals surface area contributed by atoms with E-state index < -0.39 is 5.97 Å². The molecule has 0 saturated carbocycles. The Morgan fingerprint density at radius 2 is 2.19 bits per heavy atom. The maximum atomic E-state index is 11.8. The molecule has 0 aliphatic heterocycles. The Bertz CT molecular complexity index is 659.